The van der Waals surface area contributed by atoms with Gasteiger partial charge in [0.1, 0.15) is 29.8 Å². The summed E-state index contributed by atoms with van der Waals surface area (Å²) in [6.07, 6.45) is -2.85. The summed E-state index contributed by atoms with van der Waals surface area (Å²) in [5.74, 6) is 0. The molecule has 1 saturated heterocycles. The first-order chi connectivity index (χ1) is 7.67. The second-order valence-corrected chi connectivity index (χ2v) is 4.94. The highest BCUT2D eigenvalue weighted by atomic mass is 32.2. The first-order valence-electron chi connectivity index (χ1n) is 5.02. The number of hydrogen-bond donors (Lipinski definition) is 3. The minimum atomic E-state index is -1.10. The lowest BCUT2D eigenvalue weighted by atomic mass is 9.99. The van der Waals surface area contributed by atoms with Gasteiger partial charge in [-0.2, -0.15) is 0 Å². The van der Waals surface area contributed by atoms with Crippen LogP contribution in [0, 0.1) is 0 Å². The molecule has 2 unspecified atom stereocenters. The van der Waals surface area contributed by atoms with Crippen molar-refractivity contribution in [1.29, 1.82) is 0 Å². The number of aliphatic hydroxyl groups excluding tert-OH is 3. The van der Waals surface area contributed by atoms with E-state index in [4.69, 9.17) is 14.6 Å². The van der Waals surface area contributed by atoms with Crippen molar-refractivity contribution in [2.24, 2.45) is 4.99 Å². The monoisotopic (exact) mass is 249 g/mol. The zero-order valence-corrected chi connectivity index (χ0v) is 9.63. The fourth-order valence-electron chi connectivity index (χ4n) is 1.83. The minimum Gasteiger partial charge on any atom is -0.394 e. The summed E-state index contributed by atoms with van der Waals surface area (Å²) in [5, 5.41) is 29.2. The van der Waals surface area contributed by atoms with E-state index in [-0.39, 0.29) is 12.0 Å². The molecule has 0 aromatic carbocycles. The van der Waals surface area contributed by atoms with Gasteiger partial charge in [0.25, 0.3) is 0 Å². The molecular weight excluding hydrogens is 234 g/mol. The predicted octanol–water partition coefficient (Wildman–Crippen LogP) is -1.41. The third-order valence-corrected chi connectivity index (χ3v) is 3.78. The highest BCUT2D eigenvalue weighted by Crippen LogP contribution is 2.36. The molecule has 0 aromatic rings. The summed E-state index contributed by atoms with van der Waals surface area (Å²) in [5.41, 5.74) is -0.347. The van der Waals surface area contributed by atoms with Crippen LogP contribution in [0.1, 0.15) is 0 Å². The second kappa shape index (κ2) is 4.99. The largest absolute Gasteiger partial charge is 0.394 e. The molecule has 5 atom stereocenters. The van der Waals surface area contributed by atoms with Gasteiger partial charge in [-0.25, -0.2) is 0 Å². The maximum absolute atomic E-state index is 9.83. The molecule has 16 heavy (non-hydrogen) atoms. The number of methoxy groups -OCH3 is 1. The Labute approximate surface area is 97.3 Å². The lowest BCUT2D eigenvalue weighted by molar-refractivity contribution is -0.164. The minimum absolute atomic E-state index is 0.318. The second-order valence-electron chi connectivity index (χ2n) is 3.77. The van der Waals surface area contributed by atoms with Crippen molar-refractivity contribution in [2.45, 2.75) is 29.8 Å². The van der Waals surface area contributed by atoms with Crippen molar-refractivity contribution in [2.75, 3.05) is 20.3 Å². The number of aliphatic hydroxyl groups is 3. The molecule has 0 bridgehead atoms. The molecule has 7 heteroatoms. The van der Waals surface area contributed by atoms with Crippen molar-refractivity contribution >= 4 is 16.8 Å². The molecule has 0 amide bonds. The number of thioether (sulfide) groups is 1. The molecule has 0 aromatic heterocycles. The van der Waals surface area contributed by atoms with Gasteiger partial charge in [-0.15, -0.1) is 0 Å². The van der Waals surface area contributed by atoms with E-state index in [2.05, 4.69) is 4.99 Å². The first-order valence-corrected chi connectivity index (χ1v) is 5.90. The number of nitrogens with zero attached hydrogens (tertiary/aromatic N) is 1. The van der Waals surface area contributed by atoms with Gasteiger partial charge in [0.2, 0.25) is 0 Å². The van der Waals surface area contributed by atoms with Crippen LogP contribution in [0.2, 0.25) is 0 Å². The number of fused-ring (bicyclic) bond motifs is 1. The number of ether oxygens (including phenoxy) is 2. The lowest BCUT2D eigenvalue weighted by Crippen LogP contribution is -2.55. The van der Waals surface area contributed by atoms with Crippen molar-refractivity contribution in [1.82, 2.24) is 0 Å². The van der Waals surface area contributed by atoms with Crippen LogP contribution < -0.4 is 0 Å². The lowest BCUT2D eigenvalue weighted by Gasteiger charge is -2.37. The van der Waals surface area contributed by atoms with Crippen LogP contribution in [-0.2, 0) is 9.47 Å². The number of aliphatic imine (C=N–C) groups is 1. The smallest absolute Gasteiger partial charge is 0.134 e. The van der Waals surface area contributed by atoms with Gasteiger partial charge in [0.05, 0.1) is 18.3 Å². The average Bonchev–Trinajstić information content (AvgIpc) is 2.67. The Bertz CT molecular complexity index is 287. The third-order valence-electron chi connectivity index (χ3n) is 2.66. The number of hydrogen-bond acceptors (Lipinski definition) is 7. The van der Waals surface area contributed by atoms with Crippen molar-refractivity contribution in [3.63, 3.8) is 0 Å². The summed E-state index contributed by atoms with van der Waals surface area (Å²) in [7, 11) is 1.56. The van der Waals surface area contributed by atoms with Crippen LogP contribution >= 0.6 is 11.8 Å². The molecule has 2 heterocycles. The van der Waals surface area contributed by atoms with E-state index in [9.17, 15) is 10.2 Å². The molecule has 2 rings (SSSR count). The van der Waals surface area contributed by atoms with Gasteiger partial charge in [-0.1, -0.05) is 11.8 Å². The van der Waals surface area contributed by atoms with E-state index in [1.54, 1.807) is 7.11 Å². The highest BCUT2D eigenvalue weighted by molar-refractivity contribution is 8.14. The molecule has 1 fully saturated rings. The Hall–Kier alpha value is -0.180. The van der Waals surface area contributed by atoms with Crippen molar-refractivity contribution in [3.05, 3.63) is 0 Å². The normalized spacial score (nSPS) is 43.0. The number of rotatable bonds is 3. The maximum Gasteiger partial charge on any atom is 0.134 e. The summed E-state index contributed by atoms with van der Waals surface area (Å²) in [6, 6.07) is -0.479. The van der Waals surface area contributed by atoms with Crippen LogP contribution in [-0.4, -0.2) is 70.5 Å². The predicted molar refractivity (Wildman–Crippen MR) is 58.5 cm³/mol. The zero-order chi connectivity index (χ0) is 11.7. The van der Waals surface area contributed by atoms with E-state index in [1.807, 2.05) is 0 Å². The average molecular weight is 249 g/mol. The van der Waals surface area contributed by atoms with Crippen LogP contribution in [0.5, 0.6) is 0 Å². The fourth-order valence-corrected chi connectivity index (χ4v) is 3.02. The van der Waals surface area contributed by atoms with E-state index in [0.717, 1.165) is 5.04 Å². The Morgan fingerprint density at radius 1 is 1.44 bits per heavy atom. The molecular formula is C9H15NO5S. The summed E-state index contributed by atoms with van der Waals surface area (Å²) < 4.78 is 10.4. The maximum atomic E-state index is 9.83. The SMILES string of the molecule is COCC1=NC2C(O[C@H](CO)[C@@H](O)[C@@H]2O)S1. The Kier molecular flexibility index (Phi) is 3.83. The van der Waals surface area contributed by atoms with Gasteiger partial charge in [-0.05, 0) is 0 Å². The summed E-state index contributed by atoms with van der Waals surface area (Å²) >= 11 is 1.36. The molecule has 0 aliphatic carbocycles. The topological polar surface area (TPSA) is 91.5 Å². The van der Waals surface area contributed by atoms with Crippen LogP contribution in [0.25, 0.3) is 0 Å². The standard InChI is InChI=1S/C9H15NO5S/c1-14-3-5-10-6-8(13)7(12)4(2-11)15-9(6)16-5/h4,6-9,11-13H,2-3H2,1H3/t4-,6?,7-,8-,9?/m1/s1. The van der Waals surface area contributed by atoms with Crippen LogP contribution in [0.15, 0.2) is 4.99 Å². The Morgan fingerprint density at radius 3 is 2.81 bits per heavy atom. The van der Waals surface area contributed by atoms with Gasteiger partial charge >= 0.3 is 0 Å². The highest BCUT2D eigenvalue weighted by Gasteiger charge is 2.47. The molecule has 0 spiro atoms. The molecule has 0 radical (unpaired) electrons. The van der Waals surface area contributed by atoms with Crippen LogP contribution in [0.4, 0.5) is 0 Å². The molecule has 0 saturated carbocycles. The van der Waals surface area contributed by atoms with Crippen LogP contribution in [0.3, 0.4) is 0 Å². The third kappa shape index (κ3) is 2.11. The quantitative estimate of drug-likeness (QED) is 0.569. The van der Waals surface area contributed by atoms with Crippen molar-refractivity contribution in [3.8, 4) is 0 Å². The molecule has 2 aliphatic rings. The fraction of sp³-hybridized carbons (Fsp3) is 0.889. The van der Waals surface area contributed by atoms with E-state index in [0.29, 0.717) is 6.61 Å². The van der Waals surface area contributed by atoms with Gasteiger partial charge < -0.3 is 24.8 Å². The molecule has 3 N–H and O–H groups in total. The van der Waals surface area contributed by atoms with Gasteiger partial charge in [0.15, 0.2) is 0 Å². The van der Waals surface area contributed by atoms with Crippen molar-refractivity contribution < 1.29 is 24.8 Å². The molecule has 92 valence electrons. The van der Waals surface area contributed by atoms with Gasteiger partial charge in [-0.3, -0.25) is 4.99 Å². The molecule has 2 aliphatic heterocycles. The summed E-state index contributed by atoms with van der Waals surface area (Å²) in [6.45, 7) is 0.0508. The van der Waals surface area contributed by atoms with Gasteiger partial charge in [0, 0.05) is 7.11 Å². The Morgan fingerprint density at radius 2 is 2.19 bits per heavy atom. The zero-order valence-electron chi connectivity index (χ0n) is 8.81. The summed E-state index contributed by atoms with van der Waals surface area (Å²) in [4.78, 5) is 4.24. The van der Waals surface area contributed by atoms with E-state index >= 15 is 0 Å². The van der Waals surface area contributed by atoms with E-state index in [1.165, 1.54) is 11.8 Å². The Balaban J connectivity index is 2.08. The van der Waals surface area contributed by atoms with E-state index < -0.39 is 24.4 Å². The molecule has 6 nitrogen and oxygen atoms in total. The first kappa shape index (κ1) is 12.3.